The van der Waals surface area contributed by atoms with Gasteiger partial charge in [0.25, 0.3) is 0 Å². The molecule has 4 N–H and O–H groups in total. The Bertz CT molecular complexity index is 731. The van der Waals surface area contributed by atoms with E-state index in [1.165, 1.54) is 12.1 Å². The van der Waals surface area contributed by atoms with Crippen molar-refractivity contribution in [2.45, 2.75) is 25.2 Å². The van der Waals surface area contributed by atoms with Gasteiger partial charge in [-0.1, -0.05) is 6.07 Å². The van der Waals surface area contributed by atoms with Crippen molar-refractivity contribution in [3.8, 4) is 0 Å². The van der Waals surface area contributed by atoms with Gasteiger partial charge in [0.1, 0.15) is 5.82 Å². The maximum atomic E-state index is 13.4. The summed E-state index contributed by atoms with van der Waals surface area (Å²) in [5.41, 5.74) is 6.36. The number of carbonyl (C=O) groups is 3. The molecule has 0 saturated carbocycles. The van der Waals surface area contributed by atoms with Crippen molar-refractivity contribution in [1.29, 1.82) is 0 Å². The molecule has 2 unspecified atom stereocenters. The van der Waals surface area contributed by atoms with E-state index >= 15 is 0 Å². The minimum atomic E-state index is -0.648. The fourth-order valence-corrected chi connectivity index (χ4v) is 3.61. The van der Waals surface area contributed by atoms with Gasteiger partial charge >= 0.3 is 0 Å². The fourth-order valence-electron chi connectivity index (χ4n) is 3.61. The zero-order valence-electron chi connectivity index (χ0n) is 14.9. The lowest BCUT2D eigenvalue weighted by Gasteiger charge is -2.35. The van der Waals surface area contributed by atoms with Gasteiger partial charge in [0.15, 0.2) is 0 Å². The number of hydrogen-bond donors (Lipinski definition) is 3. The number of piperidine rings is 1. The first kappa shape index (κ1) is 21.1. The third-order valence-corrected chi connectivity index (χ3v) is 4.90. The van der Waals surface area contributed by atoms with E-state index in [0.717, 1.165) is 6.42 Å². The van der Waals surface area contributed by atoms with E-state index in [4.69, 9.17) is 5.73 Å². The number of fused-ring (bicyclic) bond motifs is 1. The minimum Gasteiger partial charge on any atom is -0.355 e. The molecular weight excluding hydrogens is 375 g/mol. The topological polar surface area (TPSA) is 105 Å². The molecule has 1 saturated heterocycles. The molecule has 1 aromatic rings. The summed E-state index contributed by atoms with van der Waals surface area (Å²) in [5, 5.41) is 5.38. The number of halogens is 2. The Morgan fingerprint density at radius 3 is 2.89 bits per heavy atom. The van der Waals surface area contributed by atoms with Crippen LogP contribution in [-0.2, 0) is 14.4 Å². The smallest absolute Gasteiger partial charge is 0.230 e. The van der Waals surface area contributed by atoms with Crippen molar-refractivity contribution in [3.05, 3.63) is 29.6 Å². The van der Waals surface area contributed by atoms with Gasteiger partial charge < -0.3 is 21.3 Å². The molecule has 27 heavy (non-hydrogen) atoms. The molecule has 0 spiro atoms. The number of hydrogen-bond acceptors (Lipinski definition) is 4. The fraction of sp³-hybridized carbons (Fsp3) is 0.500. The molecule has 2 atom stereocenters. The zero-order chi connectivity index (χ0) is 18.7. The Labute approximate surface area is 163 Å². The summed E-state index contributed by atoms with van der Waals surface area (Å²) in [5.74, 6) is -1.99. The van der Waals surface area contributed by atoms with E-state index in [1.807, 2.05) is 0 Å². The average molecular weight is 399 g/mol. The lowest BCUT2D eigenvalue weighted by atomic mass is 9.87. The maximum absolute atomic E-state index is 13.4. The van der Waals surface area contributed by atoms with Crippen LogP contribution in [0, 0.1) is 11.7 Å². The number of anilines is 1. The largest absolute Gasteiger partial charge is 0.355 e. The second-order valence-corrected chi connectivity index (χ2v) is 6.74. The van der Waals surface area contributed by atoms with Crippen LogP contribution in [0.4, 0.5) is 10.1 Å². The molecule has 2 aliphatic heterocycles. The summed E-state index contributed by atoms with van der Waals surface area (Å²) in [6.45, 7) is 1.65. The van der Waals surface area contributed by atoms with Gasteiger partial charge in [-0.25, -0.2) is 4.39 Å². The molecule has 7 nitrogen and oxygen atoms in total. The molecule has 9 heteroatoms. The van der Waals surface area contributed by atoms with Gasteiger partial charge in [0.05, 0.1) is 11.8 Å². The highest BCUT2D eigenvalue weighted by Gasteiger charge is 2.36. The van der Waals surface area contributed by atoms with Gasteiger partial charge in [0.2, 0.25) is 17.7 Å². The predicted octanol–water partition coefficient (Wildman–Crippen LogP) is 0.987. The first-order valence-electron chi connectivity index (χ1n) is 8.85. The van der Waals surface area contributed by atoms with E-state index in [0.29, 0.717) is 43.9 Å². The van der Waals surface area contributed by atoms with Crippen molar-refractivity contribution < 1.29 is 18.8 Å². The van der Waals surface area contributed by atoms with Gasteiger partial charge in [-0.05, 0) is 30.5 Å². The van der Waals surface area contributed by atoms with Crippen LogP contribution in [-0.4, -0.2) is 48.8 Å². The summed E-state index contributed by atoms with van der Waals surface area (Å²) in [7, 11) is 0. The average Bonchev–Trinajstić information content (AvgIpc) is 2.64. The van der Waals surface area contributed by atoms with Crippen LogP contribution < -0.4 is 16.4 Å². The molecule has 2 aliphatic rings. The number of rotatable bonds is 4. The third-order valence-electron chi connectivity index (χ3n) is 4.90. The van der Waals surface area contributed by atoms with Crippen LogP contribution in [0.25, 0.3) is 0 Å². The number of amides is 3. The molecule has 3 amide bonds. The SMILES string of the molecule is Cl.NCCNC(=O)C1CCCN(C(=O)C2CC(=O)Nc3cc(F)ccc32)C1. The Kier molecular flexibility index (Phi) is 7.15. The second kappa shape index (κ2) is 9.14. The van der Waals surface area contributed by atoms with E-state index in [1.54, 1.807) is 11.0 Å². The van der Waals surface area contributed by atoms with Gasteiger partial charge in [-0.15, -0.1) is 12.4 Å². The standard InChI is InChI=1S/C18H23FN4O3.ClH/c19-12-3-4-13-14(9-16(24)22-15(13)8-12)18(26)23-7-1-2-11(10-23)17(25)21-6-5-20;/h3-4,8,11,14H,1-2,5-7,9-10,20H2,(H,21,25)(H,22,24);1H. The predicted molar refractivity (Wildman–Crippen MR) is 101 cm³/mol. The highest BCUT2D eigenvalue weighted by Crippen LogP contribution is 2.35. The molecule has 148 valence electrons. The number of nitrogens with one attached hydrogen (secondary N) is 2. The Morgan fingerprint density at radius 1 is 1.37 bits per heavy atom. The molecule has 3 rings (SSSR count). The summed E-state index contributed by atoms with van der Waals surface area (Å²) in [4.78, 5) is 38.8. The van der Waals surface area contributed by atoms with Gasteiger partial charge in [0, 0.05) is 38.3 Å². The molecular formula is C18H24ClFN4O3. The Hall–Kier alpha value is -2.19. The molecule has 1 aromatic carbocycles. The van der Waals surface area contributed by atoms with Crippen molar-refractivity contribution >= 4 is 35.8 Å². The number of nitrogens with two attached hydrogens (primary N) is 1. The Morgan fingerprint density at radius 2 is 2.15 bits per heavy atom. The highest BCUT2D eigenvalue weighted by molar-refractivity contribution is 6.01. The number of carbonyl (C=O) groups excluding carboxylic acids is 3. The second-order valence-electron chi connectivity index (χ2n) is 6.74. The van der Waals surface area contributed by atoms with E-state index < -0.39 is 11.7 Å². The summed E-state index contributed by atoms with van der Waals surface area (Å²) in [6.07, 6.45) is 1.47. The summed E-state index contributed by atoms with van der Waals surface area (Å²) in [6, 6.07) is 4.06. The molecule has 2 heterocycles. The molecule has 0 aliphatic carbocycles. The summed E-state index contributed by atoms with van der Waals surface area (Å²) >= 11 is 0. The van der Waals surface area contributed by atoms with Crippen molar-refractivity contribution in [2.24, 2.45) is 11.7 Å². The summed E-state index contributed by atoms with van der Waals surface area (Å²) < 4.78 is 13.4. The van der Waals surface area contributed by atoms with Crippen molar-refractivity contribution in [2.75, 3.05) is 31.5 Å². The maximum Gasteiger partial charge on any atom is 0.230 e. The Balaban J connectivity index is 0.00000261. The first-order valence-corrected chi connectivity index (χ1v) is 8.85. The zero-order valence-corrected chi connectivity index (χ0v) is 15.7. The third kappa shape index (κ3) is 4.75. The minimum absolute atomic E-state index is 0. The number of benzene rings is 1. The number of likely N-dealkylation sites (tertiary alicyclic amines) is 1. The monoisotopic (exact) mass is 398 g/mol. The first-order chi connectivity index (χ1) is 12.5. The number of nitrogens with zero attached hydrogens (tertiary/aromatic N) is 1. The van der Waals surface area contributed by atoms with Crippen molar-refractivity contribution in [1.82, 2.24) is 10.2 Å². The molecule has 0 aromatic heterocycles. The van der Waals surface area contributed by atoms with Gasteiger partial charge in [-0.2, -0.15) is 0 Å². The highest BCUT2D eigenvalue weighted by atomic mass is 35.5. The molecule has 1 fully saturated rings. The van der Waals surface area contributed by atoms with E-state index in [2.05, 4.69) is 10.6 Å². The van der Waals surface area contributed by atoms with E-state index in [-0.39, 0.29) is 42.5 Å². The molecule has 0 radical (unpaired) electrons. The van der Waals surface area contributed by atoms with Crippen LogP contribution in [0.3, 0.4) is 0 Å². The van der Waals surface area contributed by atoms with Crippen LogP contribution in [0.5, 0.6) is 0 Å². The lowest BCUT2D eigenvalue weighted by Crippen LogP contribution is -2.48. The normalized spacial score (nSPS) is 21.6. The van der Waals surface area contributed by atoms with Gasteiger partial charge in [-0.3, -0.25) is 14.4 Å². The van der Waals surface area contributed by atoms with Crippen LogP contribution in [0.1, 0.15) is 30.7 Å². The lowest BCUT2D eigenvalue weighted by molar-refractivity contribution is -0.138. The van der Waals surface area contributed by atoms with Crippen molar-refractivity contribution in [3.63, 3.8) is 0 Å². The van der Waals surface area contributed by atoms with E-state index in [9.17, 15) is 18.8 Å². The van der Waals surface area contributed by atoms with Crippen LogP contribution >= 0.6 is 12.4 Å². The molecule has 0 bridgehead atoms. The van der Waals surface area contributed by atoms with Crippen LogP contribution in [0.15, 0.2) is 18.2 Å². The van der Waals surface area contributed by atoms with Crippen LogP contribution in [0.2, 0.25) is 0 Å². The quantitative estimate of drug-likeness (QED) is 0.703.